The maximum atomic E-state index is 11.5. The van der Waals surface area contributed by atoms with Crippen LogP contribution in [0.4, 0.5) is 0 Å². The minimum Gasteiger partial charge on any atom is -0.299 e. The average molecular weight is 209 g/mol. The van der Waals surface area contributed by atoms with E-state index in [1.54, 1.807) is 0 Å². The molecule has 14 heavy (non-hydrogen) atoms. The first kappa shape index (κ1) is 9.72. The first-order valence-electron chi connectivity index (χ1n) is 5.00. The second kappa shape index (κ2) is 4.14. The predicted molar refractivity (Wildman–Crippen MR) is 57.5 cm³/mol. The largest absolute Gasteiger partial charge is 0.299 e. The number of ketones is 1. The van der Waals surface area contributed by atoms with Gasteiger partial charge in [0, 0.05) is 17.9 Å². The lowest BCUT2D eigenvalue weighted by Crippen LogP contribution is -2.03. The van der Waals surface area contributed by atoms with Gasteiger partial charge in [0.2, 0.25) is 0 Å². The maximum absolute atomic E-state index is 11.5. The van der Waals surface area contributed by atoms with Crippen LogP contribution in [0.25, 0.3) is 0 Å². The van der Waals surface area contributed by atoms with Crippen molar-refractivity contribution in [1.82, 2.24) is 0 Å². The lowest BCUT2D eigenvalue weighted by Gasteiger charge is -2.00. The number of carbonyl (C=O) groups excluding carboxylic acids is 1. The van der Waals surface area contributed by atoms with Crippen LogP contribution in [0.15, 0.2) is 24.3 Å². The van der Waals surface area contributed by atoms with E-state index in [0.717, 1.165) is 17.0 Å². The zero-order chi connectivity index (χ0) is 9.97. The smallest absolute Gasteiger partial charge is 0.137 e. The Balaban J connectivity index is 1.89. The van der Waals surface area contributed by atoms with E-state index < -0.39 is 0 Å². The molecule has 1 fully saturated rings. The highest BCUT2D eigenvalue weighted by Crippen LogP contribution is 2.32. The maximum Gasteiger partial charge on any atom is 0.137 e. The molecular weight excluding hydrogens is 196 g/mol. The summed E-state index contributed by atoms with van der Waals surface area (Å²) in [5, 5.41) is 0.725. The molecule has 0 spiro atoms. The SMILES string of the molecule is O=C(Cc1ccc(Cl)cc1)CC1CC1. The van der Waals surface area contributed by atoms with Crippen LogP contribution in [-0.4, -0.2) is 5.78 Å². The van der Waals surface area contributed by atoms with Gasteiger partial charge in [-0.25, -0.2) is 0 Å². The van der Waals surface area contributed by atoms with E-state index in [1.165, 1.54) is 12.8 Å². The molecule has 0 heterocycles. The molecule has 0 atom stereocenters. The highest BCUT2D eigenvalue weighted by molar-refractivity contribution is 6.30. The van der Waals surface area contributed by atoms with Crippen LogP contribution in [0.1, 0.15) is 24.8 Å². The number of Topliss-reactive ketones (excluding diaryl/α,β-unsaturated/α-hetero) is 1. The van der Waals surface area contributed by atoms with Crippen LogP contribution in [0.5, 0.6) is 0 Å². The second-order valence-electron chi connectivity index (χ2n) is 3.99. The van der Waals surface area contributed by atoms with E-state index in [1.807, 2.05) is 24.3 Å². The Morgan fingerprint density at radius 2 is 1.93 bits per heavy atom. The Kier molecular flexibility index (Phi) is 2.87. The van der Waals surface area contributed by atoms with Gasteiger partial charge in [-0.2, -0.15) is 0 Å². The van der Waals surface area contributed by atoms with Crippen molar-refractivity contribution in [3.8, 4) is 0 Å². The summed E-state index contributed by atoms with van der Waals surface area (Å²) in [7, 11) is 0. The van der Waals surface area contributed by atoms with Gasteiger partial charge in [-0.1, -0.05) is 23.7 Å². The van der Waals surface area contributed by atoms with E-state index in [0.29, 0.717) is 18.1 Å². The normalized spacial score (nSPS) is 15.5. The van der Waals surface area contributed by atoms with Crippen molar-refractivity contribution in [2.45, 2.75) is 25.7 Å². The van der Waals surface area contributed by atoms with Gasteiger partial charge in [0.15, 0.2) is 0 Å². The predicted octanol–water partition coefficient (Wildman–Crippen LogP) is 3.25. The third-order valence-corrected chi connectivity index (χ3v) is 2.78. The van der Waals surface area contributed by atoms with Gasteiger partial charge in [0.25, 0.3) is 0 Å². The number of halogens is 1. The van der Waals surface area contributed by atoms with Gasteiger partial charge >= 0.3 is 0 Å². The molecule has 1 saturated carbocycles. The lowest BCUT2D eigenvalue weighted by molar-refractivity contribution is -0.118. The Morgan fingerprint density at radius 3 is 2.50 bits per heavy atom. The van der Waals surface area contributed by atoms with Crippen molar-refractivity contribution in [2.24, 2.45) is 5.92 Å². The highest BCUT2D eigenvalue weighted by atomic mass is 35.5. The lowest BCUT2D eigenvalue weighted by atomic mass is 10.1. The molecule has 1 aliphatic carbocycles. The second-order valence-corrected chi connectivity index (χ2v) is 4.43. The highest BCUT2D eigenvalue weighted by Gasteiger charge is 2.23. The van der Waals surface area contributed by atoms with Crippen molar-refractivity contribution in [3.05, 3.63) is 34.9 Å². The summed E-state index contributed by atoms with van der Waals surface area (Å²) in [6.45, 7) is 0. The molecule has 0 N–H and O–H groups in total. The monoisotopic (exact) mass is 208 g/mol. The molecular formula is C12H13ClO. The van der Waals surface area contributed by atoms with Crippen LogP contribution in [-0.2, 0) is 11.2 Å². The Labute approximate surface area is 89.1 Å². The molecule has 2 heteroatoms. The van der Waals surface area contributed by atoms with E-state index in [9.17, 15) is 4.79 Å². The topological polar surface area (TPSA) is 17.1 Å². The fourth-order valence-electron chi connectivity index (χ4n) is 1.55. The van der Waals surface area contributed by atoms with Gasteiger partial charge in [0.1, 0.15) is 5.78 Å². The number of benzene rings is 1. The van der Waals surface area contributed by atoms with Crippen LogP contribution in [0, 0.1) is 5.92 Å². The number of carbonyl (C=O) groups is 1. The first-order valence-corrected chi connectivity index (χ1v) is 5.38. The van der Waals surface area contributed by atoms with E-state index >= 15 is 0 Å². The van der Waals surface area contributed by atoms with Gasteiger partial charge in [0.05, 0.1) is 0 Å². The molecule has 0 bridgehead atoms. The molecule has 1 aromatic rings. The summed E-state index contributed by atoms with van der Waals surface area (Å²) in [5.41, 5.74) is 1.07. The molecule has 74 valence electrons. The summed E-state index contributed by atoms with van der Waals surface area (Å²) < 4.78 is 0. The number of rotatable bonds is 4. The molecule has 1 aromatic carbocycles. The van der Waals surface area contributed by atoms with Crippen molar-refractivity contribution in [2.75, 3.05) is 0 Å². The Morgan fingerprint density at radius 1 is 1.29 bits per heavy atom. The Hall–Kier alpha value is -0.820. The van der Waals surface area contributed by atoms with Crippen molar-refractivity contribution < 1.29 is 4.79 Å². The number of hydrogen-bond acceptors (Lipinski definition) is 1. The Bertz CT molecular complexity index is 325. The summed E-state index contributed by atoms with van der Waals surface area (Å²) in [6.07, 6.45) is 3.81. The molecule has 2 rings (SSSR count). The standard InChI is InChI=1S/C12H13ClO/c13-11-5-3-10(4-6-11)8-12(14)7-9-1-2-9/h3-6,9H,1-2,7-8H2. The fraction of sp³-hybridized carbons (Fsp3) is 0.417. The van der Waals surface area contributed by atoms with Gasteiger partial charge in [-0.3, -0.25) is 4.79 Å². The van der Waals surface area contributed by atoms with Gasteiger partial charge in [-0.05, 0) is 36.5 Å². The number of hydrogen-bond donors (Lipinski definition) is 0. The molecule has 0 unspecified atom stereocenters. The molecule has 0 radical (unpaired) electrons. The van der Waals surface area contributed by atoms with Gasteiger partial charge < -0.3 is 0 Å². The van der Waals surface area contributed by atoms with Crippen molar-refractivity contribution in [1.29, 1.82) is 0 Å². The summed E-state index contributed by atoms with van der Waals surface area (Å²) >= 11 is 5.76. The van der Waals surface area contributed by atoms with Crippen LogP contribution < -0.4 is 0 Å². The van der Waals surface area contributed by atoms with Crippen LogP contribution in [0.3, 0.4) is 0 Å². The van der Waals surface area contributed by atoms with E-state index in [4.69, 9.17) is 11.6 Å². The van der Waals surface area contributed by atoms with Crippen LogP contribution in [0.2, 0.25) is 5.02 Å². The molecule has 1 aliphatic rings. The molecule has 1 nitrogen and oxygen atoms in total. The summed E-state index contributed by atoms with van der Waals surface area (Å²) in [5.74, 6) is 1.05. The molecule has 0 aromatic heterocycles. The zero-order valence-electron chi connectivity index (χ0n) is 8.00. The first-order chi connectivity index (χ1) is 6.74. The van der Waals surface area contributed by atoms with Gasteiger partial charge in [-0.15, -0.1) is 0 Å². The van der Waals surface area contributed by atoms with Crippen LogP contribution >= 0.6 is 11.6 Å². The minimum atomic E-state index is 0.356. The molecule has 0 aliphatic heterocycles. The summed E-state index contributed by atoms with van der Waals surface area (Å²) in [4.78, 5) is 11.5. The summed E-state index contributed by atoms with van der Waals surface area (Å²) in [6, 6.07) is 7.52. The van der Waals surface area contributed by atoms with Crippen molar-refractivity contribution in [3.63, 3.8) is 0 Å². The molecule has 0 saturated heterocycles. The average Bonchev–Trinajstić information content (AvgIpc) is 2.93. The fourth-order valence-corrected chi connectivity index (χ4v) is 1.67. The van der Waals surface area contributed by atoms with E-state index in [2.05, 4.69) is 0 Å². The third-order valence-electron chi connectivity index (χ3n) is 2.53. The zero-order valence-corrected chi connectivity index (χ0v) is 8.76. The molecule has 0 amide bonds. The van der Waals surface area contributed by atoms with Crippen molar-refractivity contribution >= 4 is 17.4 Å². The minimum absolute atomic E-state index is 0.356. The third kappa shape index (κ3) is 2.85. The van der Waals surface area contributed by atoms with E-state index in [-0.39, 0.29) is 0 Å². The quantitative estimate of drug-likeness (QED) is 0.743.